The Morgan fingerprint density at radius 2 is 2.32 bits per heavy atom. The van der Waals surface area contributed by atoms with E-state index in [9.17, 15) is 9.18 Å². The van der Waals surface area contributed by atoms with Gasteiger partial charge >= 0.3 is 0 Å². The van der Waals surface area contributed by atoms with Crippen LogP contribution in [0.25, 0.3) is 0 Å². The van der Waals surface area contributed by atoms with Gasteiger partial charge in [0.15, 0.2) is 0 Å². The molecule has 1 aromatic carbocycles. The monoisotopic (exact) mass is 326 g/mol. The Morgan fingerprint density at radius 3 is 3.00 bits per heavy atom. The van der Waals surface area contributed by atoms with Crippen molar-refractivity contribution in [3.63, 3.8) is 0 Å². The molecule has 0 fully saturated rings. The van der Waals surface area contributed by atoms with Gasteiger partial charge in [0.25, 0.3) is 5.91 Å². The first-order valence-corrected chi connectivity index (χ1v) is 7.08. The molecule has 102 valence electrons. The van der Waals surface area contributed by atoms with E-state index in [0.717, 1.165) is 25.9 Å². The molecule has 2 N–H and O–H groups in total. The van der Waals surface area contributed by atoms with Gasteiger partial charge in [-0.05, 0) is 53.5 Å². The molecule has 5 heteroatoms. The van der Waals surface area contributed by atoms with Crippen LogP contribution in [0.4, 0.5) is 4.39 Å². The standard InChI is InChI=1S/C14H16BrFN2O/c15-13-9-11(16)1-2-12(13)14(19)18-8-5-10-3-6-17-7-4-10/h1-3,9,17H,4-8H2,(H,18,19). The van der Waals surface area contributed by atoms with E-state index in [1.54, 1.807) is 0 Å². The van der Waals surface area contributed by atoms with Crippen molar-refractivity contribution < 1.29 is 9.18 Å². The van der Waals surface area contributed by atoms with Gasteiger partial charge in [-0.15, -0.1) is 0 Å². The second kappa shape index (κ2) is 6.82. The molecule has 0 bridgehead atoms. The molecule has 0 radical (unpaired) electrons. The molecule has 1 aromatic rings. The number of amides is 1. The van der Waals surface area contributed by atoms with Crippen molar-refractivity contribution in [2.75, 3.05) is 19.6 Å². The Balaban J connectivity index is 1.85. The normalized spacial score (nSPS) is 14.9. The summed E-state index contributed by atoms with van der Waals surface area (Å²) in [6.45, 7) is 2.52. The summed E-state index contributed by atoms with van der Waals surface area (Å²) < 4.78 is 13.4. The second-order valence-electron chi connectivity index (χ2n) is 4.45. The number of carbonyl (C=O) groups is 1. The summed E-state index contributed by atoms with van der Waals surface area (Å²) in [5.41, 5.74) is 1.83. The number of halogens is 2. The summed E-state index contributed by atoms with van der Waals surface area (Å²) in [4.78, 5) is 11.9. The zero-order valence-electron chi connectivity index (χ0n) is 10.5. The van der Waals surface area contributed by atoms with Crippen LogP contribution in [-0.2, 0) is 0 Å². The third-order valence-electron chi connectivity index (χ3n) is 3.07. The van der Waals surface area contributed by atoms with Crippen LogP contribution >= 0.6 is 15.9 Å². The van der Waals surface area contributed by atoms with Gasteiger partial charge in [0.1, 0.15) is 5.82 Å². The smallest absolute Gasteiger partial charge is 0.252 e. The average Bonchev–Trinajstić information content (AvgIpc) is 2.39. The fourth-order valence-electron chi connectivity index (χ4n) is 2.00. The lowest BCUT2D eigenvalue weighted by molar-refractivity contribution is 0.0953. The molecular formula is C14H16BrFN2O. The number of nitrogens with one attached hydrogen (secondary N) is 2. The highest BCUT2D eigenvalue weighted by Gasteiger charge is 2.10. The Hall–Kier alpha value is -1.20. The molecule has 2 rings (SSSR count). The van der Waals surface area contributed by atoms with Crippen LogP contribution in [0.3, 0.4) is 0 Å². The first-order valence-electron chi connectivity index (χ1n) is 6.28. The molecule has 0 aliphatic carbocycles. The molecule has 0 spiro atoms. The van der Waals surface area contributed by atoms with Crippen molar-refractivity contribution in [1.29, 1.82) is 0 Å². The lowest BCUT2D eigenvalue weighted by Gasteiger charge is -2.14. The van der Waals surface area contributed by atoms with Gasteiger partial charge in [0.2, 0.25) is 0 Å². The largest absolute Gasteiger partial charge is 0.352 e. The fraction of sp³-hybridized carbons (Fsp3) is 0.357. The summed E-state index contributed by atoms with van der Waals surface area (Å²) in [6, 6.07) is 4.07. The lowest BCUT2D eigenvalue weighted by atomic mass is 10.1. The third-order valence-corrected chi connectivity index (χ3v) is 3.72. The van der Waals surface area contributed by atoms with Gasteiger partial charge < -0.3 is 10.6 Å². The summed E-state index contributed by atoms with van der Waals surface area (Å²) in [7, 11) is 0. The van der Waals surface area contributed by atoms with E-state index in [1.165, 1.54) is 23.8 Å². The summed E-state index contributed by atoms with van der Waals surface area (Å²) >= 11 is 3.20. The molecule has 19 heavy (non-hydrogen) atoms. The van der Waals surface area contributed by atoms with Gasteiger partial charge in [-0.25, -0.2) is 4.39 Å². The minimum Gasteiger partial charge on any atom is -0.352 e. The van der Waals surface area contributed by atoms with E-state index >= 15 is 0 Å². The SMILES string of the molecule is O=C(NCCC1=CCNCC1)c1ccc(F)cc1Br. The maximum Gasteiger partial charge on any atom is 0.252 e. The maximum absolute atomic E-state index is 12.9. The molecular weight excluding hydrogens is 311 g/mol. The van der Waals surface area contributed by atoms with E-state index in [4.69, 9.17) is 0 Å². The van der Waals surface area contributed by atoms with Crippen LogP contribution in [0, 0.1) is 5.82 Å². The van der Waals surface area contributed by atoms with Gasteiger partial charge in [-0.3, -0.25) is 4.79 Å². The molecule has 1 aliphatic rings. The molecule has 0 unspecified atom stereocenters. The number of rotatable bonds is 4. The van der Waals surface area contributed by atoms with E-state index in [-0.39, 0.29) is 11.7 Å². The van der Waals surface area contributed by atoms with Crippen molar-refractivity contribution >= 4 is 21.8 Å². The van der Waals surface area contributed by atoms with Gasteiger partial charge in [-0.1, -0.05) is 11.6 Å². The molecule has 1 amide bonds. The summed E-state index contributed by atoms with van der Waals surface area (Å²) in [5, 5.41) is 6.10. The summed E-state index contributed by atoms with van der Waals surface area (Å²) in [6.07, 6.45) is 4.08. The van der Waals surface area contributed by atoms with Crippen LogP contribution < -0.4 is 10.6 Å². The van der Waals surface area contributed by atoms with Crippen LogP contribution in [0.2, 0.25) is 0 Å². The van der Waals surface area contributed by atoms with Crippen LogP contribution in [0.15, 0.2) is 34.3 Å². The summed E-state index contributed by atoms with van der Waals surface area (Å²) in [5.74, 6) is -0.537. The highest BCUT2D eigenvalue weighted by molar-refractivity contribution is 9.10. The highest BCUT2D eigenvalue weighted by Crippen LogP contribution is 2.18. The molecule has 1 aliphatic heterocycles. The number of benzene rings is 1. The van der Waals surface area contributed by atoms with Crippen molar-refractivity contribution in [1.82, 2.24) is 10.6 Å². The topological polar surface area (TPSA) is 41.1 Å². The lowest BCUT2D eigenvalue weighted by Crippen LogP contribution is -2.27. The van der Waals surface area contributed by atoms with E-state index < -0.39 is 0 Å². The van der Waals surface area contributed by atoms with Crippen LogP contribution in [-0.4, -0.2) is 25.5 Å². The molecule has 3 nitrogen and oxygen atoms in total. The Labute approximate surface area is 120 Å². The zero-order valence-corrected chi connectivity index (χ0v) is 12.1. The Morgan fingerprint density at radius 1 is 1.47 bits per heavy atom. The first kappa shape index (κ1) is 14.2. The van der Waals surface area contributed by atoms with Gasteiger partial charge in [0, 0.05) is 17.6 Å². The molecule has 0 aromatic heterocycles. The quantitative estimate of drug-likeness (QED) is 0.835. The average molecular weight is 327 g/mol. The van der Waals surface area contributed by atoms with E-state index in [0.29, 0.717) is 16.6 Å². The van der Waals surface area contributed by atoms with Crippen molar-refractivity contribution in [3.8, 4) is 0 Å². The van der Waals surface area contributed by atoms with E-state index in [2.05, 4.69) is 32.6 Å². The minimum absolute atomic E-state index is 0.179. The number of carbonyl (C=O) groups excluding carboxylic acids is 1. The van der Waals surface area contributed by atoms with Gasteiger partial charge in [0.05, 0.1) is 5.56 Å². The fourth-order valence-corrected chi connectivity index (χ4v) is 2.53. The van der Waals surface area contributed by atoms with Crippen LogP contribution in [0.5, 0.6) is 0 Å². The van der Waals surface area contributed by atoms with Crippen molar-refractivity contribution in [3.05, 3.63) is 45.7 Å². The predicted octanol–water partition coefficient (Wildman–Crippen LogP) is 2.63. The molecule has 0 saturated carbocycles. The predicted molar refractivity (Wildman–Crippen MR) is 76.6 cm³/mol. The number of hydrogen-bond donors (Lipinski definition) is 2. The van der Waals surface area contributed by atoms with Crippen LogP contribution in [0.1, 0.15) is 23.2 Å². The molecule has 1 heterocycles. The van der Waals surface area contributed by atoms with Crippen molar-refractivity contribution in [2.24, 2.45) is 0 Å². The van der Waals surface area contributed by atoms with E-state index in [1.807, 2.05) is 0 Å². The molecule has 0 atom stereocenters. The second-order valence-corrected chi connectivity index (χ2v) is 5.30. The molecule has 0 saturated heterocycles. The Bertz CT molecular complexity index is 502. The Kier molecular flexibility index (Phi) is 5.10. The highest BCUT2D eigenvalue weighted by atomic mass is 79.9. The van der Waals surface area contributed by atoms with Gasteiger partial charge in [-0.2, -0.15) is 0 Å². The zero-order chi connectivity index (χ0) is 13.7. The minimum atomic E-state index is -0.358. The third kappa shape index (κ3) is 4.14. The van der Waals surface area contributed by atoms with Crippen molar-refractivity contribution in [2.45, 2.75) is 12.8 Å². The maximum atomic E-state index is 12.9. The first-order chi connectivity index (χ1) is 9.16. The number of hydrogen-bond acceptors (Lipinski definition) is 2.